The highest BCUT2D eigenvalue weighted by molar-refractivity contribution is 6.06. The van der Waals surface area contributed by atoms with Crippen LogP contribution in [0.25, 0.3) is 0 Å². The molecule has 1 aliphatic rings. The SMILES string of the molecule is NC(=O)c1cc(NC(F)(F)F)ccc1N(CCO)C(=O)CC(O)C(=O)Nc1ccc2c(c1)CN=C2N. The van der Waals surface area contributed by atoms with E-state index in [1.54, 1.807) is 18.2 Å². The van der Waals surface area contributed by atoms with Crippen molar-refractivity contribution >= 4 is 40.6 Å². The number of primary amides is 1. The van der Waals surface area contributed by atoms with Gasteiger partial charge in [-0.2, -0.15) is 13.2 Å². The smallest absolute Gasteiger partial charge is 0.395 e. The van der Waals surface area contributed by atoms with Crippen molar-refractivity contribution in [3.8, 4) is 0 Å². The van der Waals surface area contributed by atoms with Gasteiger partial charge in [-0.1, -0.05) is 0 Å². The third kappa shape index (κ3) is 6.28. The molecule has 0 aromatic heterocycles. The van der Waals surface area contributed by atoms with Gasteiger partial charge in [0, 0.05) is 23.5 Å². The average molecular weight is 508 g/mol. The molecule has 192 valence electrons. The summed E-state index contributed by atoms with van der Waals surface area (Å²) in [5, 5.41) is 23.4. The van der Waals surface area contributed by atoms with Crippen LogP contribution in [0, 0.1) is 0 Å². The fourth-order valence-corrected chi connectivity index (χ4v) is 3.59. The number of fused-ring (bicyclic) bond motifs is 1. The second-order valence-corrected chi connectivity index (χ2v) is 7.77. The van der Waals surface area contributed by atoms with Crippen LogP contribution < -0.4 is 27.0 Å². The predicted octanol–water partition coefficient (Wildman–Crippen LogP) is 0.651. The van der Waals surface area contributed by atoms with Crippen molar-refractivity contribution in [2.45, 2.75) is 25.4 Å². The number of nitrogens with two attached hydrogens (primary N) is 2. The molecule has 2 aromatic rings. The minimum absolute atomic E-state index is 0.196. The first kappa shape index (κ1) is 26.4. The lowest BCUT2D eigenvalue weighted by atomic mass is 10.1. The van der Waals surface area contributed by atoms with E-state index in [9.17, 15) is 37.8 Å². The molecular weight excluding hydrogens is 485 g/mol. The molecule has 11 nitrogen and oxygen atoms in total. The molecule has 0 aliphatic carbocycles. The Hall–Kier alpha value is -4.17. The van der Waals surface area contributed by atoms with Crippen molar-refractivity contribution in [1.29, 1.82) is 0 Å². The van der Waals surface area contributed by atoms with Gasteiger partial charge in [0.05, 0.1) is 30.8 Å². The maximum atomic E-state index is 12.9. The van der Waals surface area contributed by atoms with Crippen LogP contribution in [0.3, 0.4) is 0 Å². The molecule has 14 heteroatoms. The molecule has 0 saturated carbocycles. The number of hydrogen-bond acceptors (Lipinski definition) is 8. The largest absolute Gasteiger partial charge is 0.482 e. The fraction of sp³-hybridized carbons (Fsp3) is 0.273. The minimum atomic E-state index is -4.78. The van der Waals surface area contributed by atoms with Gasteiger partial charge in [-0.3, -0.25) is 24.7 Å². The first-order chi connectivity index (χ1) is 16.9. The maximum Gasteiger partial charge on any atom is 0.482 e. The predicted molar refractivity (Wildman–Crippen MR) is 124 cm³/mol. The highest BCUT2D eigenvalue weighted by atomic mass is 19.4. The van der Waals surface area contributed by atoms with E-state index in [0.29, 0.717) is 18.1 Å². The number of halogens is 3. The summed E-state index contributed by atoms with van der Waals surface area (Å²) >= 11 is 0. The summed E-state index contributed by atoms with van der Waals surface area (Å²) in [7, 11) is 0. The van der Waals surface area contributed by atoms with Crippen molar-refractivity contribution in [1.82, 2.24) is 0 Å². The molecule has 1 atom stereocenters. The number of hydrogen-bond donors (Lipinski definition) is 6. The van der Waals surface area contributed by atoms with Crippen molar-refractivity contribution in [2.75, 3.05) is 28.7 Å². The number of alkyl halides is 3. The molecule has 2 aromatic carbocycles. The third-order valence-corrected chi connectivity index (χ3v) is 5.20. The average Bonchev–Trinajstić information content (AvgIpc) is 3.16. The van der Waals surface area contributed by atoms with Gasteiger partial charge in [0.1, 0.15) is 11.9 Å². The van der Waals surface area contributed by atoms with Gasteiger partial charge in [0.25, 0.3) is 11.8 Å². The highest BCUT2D eigenvalue weighted by Crippen LogP contribution is 2.28. The zero-order valence-electron chi connectivity index (χ0n) is 18.7. The molecule has 1 heterocycles. The molecule has 1 aliphatic heterocycles. The monoisotopic (exact) mass is 508 g/mol. The van der Waals surface area contributed by atoms with Gasteiger partial charge in [0.15, 0.2) is 0 Å². The van der Waals surface area contributed by atoms with Gasteiger partial charge in [-0.25, -0.2) is 0 Å². The summed E-state index contributed by atoms with van der Waals surface area (Å²) in [6.07, 6.45) is -7.36. The van der Waals surface area contributed by atoms with Crippen LogP contribution in [0.15, 0.2) is 41.4 Å². The van der Waals surface area contributed by atoms with Crippen LogP contribution in [0.4, 0.5) is 30.2 Å². The summed E-state index contributed by atoms with van der Waals surface area (Å²) in [5.41, 5.74) is 11.7. The van der Waals surface area contributed by atoms with E-state index in [-0.39, 0.29) is 12.2 Å². The van der Waals surface area contributed by atoms with Gasteiger partial charge in [0.2, 0.25) is 5.91 Å². The number of anilines is 3. The molecule has 3 rings (SSSR count). The normalized spacial score (nSPS) is 13.4. The van der Waals surface area contributed by atoms with Crippen LogP contribution in [-0.2, 0) is 16.1 Å². The van der Waals surface area contributed by atoms with Crippen LogP contribution in [0.2, 0.25) is 0 Å². The van der Waals surface area contributed by atoms with Crippen LogP contribution in [0.5, 0.6) is 0 Å². The summed E-state index contributed by atoms with van der Waals surface area (Å²) in [5.74, 6) is -2.55. The number of amidine groups is 1. The quantitative estimate of drug-likeness (QED) is 0.269. The number of nitrogens with one attached hydrogen (secondary N) is 2. The summed E-state index contributed by atoms with van der Waals surface area (Å²) in [4.78, 5) is 42.2. The number of carbonyl (C=O) groups excluding carboxylic acids is 3. The summed E-state index contributed by atoms with van der Waals surface area (Å²) < 4.78 is 37.9. The van der Waals surface area contributed by atoms with Gasteiger partial charge >= 0.3 is 6.30 Å². The number of nitrogens with zero attached hydrogens (tertiary/aromatic N) is 2. The van der Waals surface area contributed by atoms with E-state index in [0.717, 1.165) is 34.2 Å². The highest BCUT2D eigenvalue weighted by Gasteiger charge is 2.29. The molecule has 0 fully saturated rings. The molecule has 0 bridgehead atoms. The number of rotatable bonds is 9. The van der Waals surface area contributed by atoms with E-state index in [2.05, 4.69) is 10.3 Å². The summed E-state index contributed by atoms with van der Waals surface area (Å²) in [6, 6.07) is 7.62. The Balaban J connectivity index is 1.75. The zero-order valence-corrected chi connectivity index (χ0v) is 18.7. The van der Waals surface area contributed by atoms with Crippen molar-refractivity contribution in [2.24, 2.45) is 16.5 Å². The molecule has 0 saturated heterocycles. The Kier molecular flexibility index (Phi) is 7.80. The second kappa shape index (κ2) is 10.6. The number of carbonyl (C=O) groups is 3. The molecule has 36 heavy (non-hydrogen) atoms. The van der Waals surface area contributed by atoms with E-state index in [4.69, 9.17) is 11.5 Å². The molecular formula is C22H23F3N6O5. The first-order valence-electron chi connectivity index (χ1n) is 10.5. The topological polar surface area (TPSA) is 183 Å². The Morgan fingerprint density at radius 2 is 1.83 bits per heavy atom. The van der Waals surface area contributed by atoms with Crippen molar-refractivity contribution < 1.29 is 37.8 Å². The summed E-state index contributed by atoms with van der Waals surface area (Å²) in [6.45, 7) is -0.637. The molecule has 1 unspecified atom stereocenters. The van der Waals surface area contributed by atoms with Gasteiger partial charge in [-0.05, 0) is 42.0 Å². The Morgan fingerprint density at radius 1 is 1.14 bits per heavy atom. The van der Waals surface area contributed by atoms with E-state index >= 15 is 0 Å². The maximum absolute atomic E-state index is 12.9. The van der Waals surface area contributed by atoms with E-state index in [1.165, 1.54) is 5.32 Å². The molecule has 0 radical (unpaired) electrons. The Bertz CT molecular complexity index is 1220. The molecule has 8 N–H and O–H groups in total. The Labute approximate surface area is 202 Å². The second-order valence-electron chi connectivity index (χ2n) is 7.77. The number of amides is 3. The van der Waals surface area contributed by atoms with E-state index in [1.807, 2.05) is 0 Å². The number of aliphatic hydroxyl groups excluding tert-OH is 2. The van der Waals surface area contributed by atoms with Crippen LogP contribution in [-0.4, -0.2) is 59.3 Å². The third-order valence-electron chi connectivity index (χ3n) is 5.20. The van der Waals surface area contributed by atoms with Gasteiger partial charge in [-0.15, -0.1) is 0 Å². The minimum Gasteiger partial charge on any atom is -0.395 e. The molecule has 3 amide bonds. The van der Waals surface area contributed by atoms with E-state index < -0.39 is 54.4 Å². The number of aliphatic hydroxyl groups is 2. The lowest BCUT2D eigenvalue weighted by Gasteiger charge is -2.25. The lowest BCUT2D eigenvalue weighted by molar-refractivity contribution is -0.129. The standard InChI is InChI=1S/C22H23F3N6O5/c23-22(24,25)30-13-2-4-16(15(8-13)20(27)35)31(5-6-32)18(34)9-17(33)21(36)29-12-1-3-14-11(7-12)10-28-19(14)26/h1-4,7-8,17,30,32-33H,5-6,9-10H2,(H2,26,28)(H2,27,35)(H,29,36). The van der Waals surface area contributed by atoms with Crippen LogP contribution >= 0.6 is 0 Å². The Morgan fingerprint density at radius 3 is 2.47 bits per heavy atom. The van der Waals surface area contributed by atoms with Crippen molar-refractivity contribution in [3.05, 3.63) is 53.1 Å². The first-order valence-corrected chi connectivity index (χ1v) is 10.5. The van der Waals surface area contributed by atoms with Gasteiger partial charge < -0.3 is 31.9 Å². The fourth-order valence-electron chi connectivity index (χ4n) is 3.59. The zero-order chi connectivity index (χ0) is 26.6. The van der Waals surface area contributed by atoms with Crippen molar-refractivity contribution in [3.63, 3.8) is 0 Å². The molecule has 0 spiro atoms. The lowest BCUT2D eigenvalue weighted by Crippen LogP contribution is -2.40. The number of benzene rings is 2. The number of aliphatic imine (C=N–C) groups is 1. The van der Waals surface area contributed by atoms with Crippen LogP contribution in [0.1, 0.15) is 27.9 Å².